The van der Waals surface area contributed by atoms with Crippen molar-refractivity contribution < 1.29 is 4.79 Å². The Kier molecular flexibility index (Phi) is 4.46. The van der Waals surface area contributed by atoms with Gasteiger partial charge in [0.25, 0.3) is 0 Å². The molecule has 0 saturated heterocycles. The van der Waals surface area contributed by atoms with E-state index in [4.69, 9.17) is 5.26 Å². The van der Waals surface area contributed by atoms with Crippen molar-refractivity contribution in [3.8, 4) is 6.07 Å². The third-order valence-electron chi connectivity index (χ3n) is 2.54. The Morgan fingerprint density at radius 2 is 2.41 bits per heavy atom. The second kappa shape index (κ2) is 5.85. The van der Waals surface area contributed by atoms with Crippen molar-refractivity contribution in [2.75, 3.05) is 25.5 Å². The zero-order valence-electron chi connectivity index (χ0n) is 10.3. The van der Waals surface area contributed by atoms with Crippen LogP contribution in [0.4, 0.5) is 5.69 Å². The molecule has 0 aliphatic carbocycles. The number of amides is 1. The predicted octanol–water partition coefficient (Wildman–Crippen LogP) is 0.772. The normalized spacial score (nSPS) is 11.4. The van der Waals surface area contributed by atoms with E-state index < -0.39 is 0 Å². The van der Waals surface area contributed by atoms with Crippen LogP contribution < -0.4 is 10.2 Å². The van der Waals surface area contributed by atoms with Gasteiger partial charge in [0.2, 0.25) is 5.91 Å². The third-order valence-corrected chi connectivity index (χ3v) is 2.54. The molecule has 0 saturated carbocycles. The molecule has 1 aromatic rings. The predicted molar refractivity (Wildman–Crippen MR) is 65.5 cm³/mol. The van der Waals surface area contributed by atoms with Crippen molar-refractivity contribution in [1.82, 2.24) is 10.3 Å². The smallest absolute Gasteiger partial charge is 0.224 e. The average molecular weight is 232 g/mol. The van der Waals surface area contributed by atoms with Crippen LogP contribution in [0.15, 0.2) is 18.3 Å². The highest BCUT2D eigenvalue weighted by Gasteiger charge is 2.14. The summed E-state index contributed by atoms with van der Waals surface area (Å²) in [7, 11) is 3.51. The molecule has 0 fully saturated rings. The van der Waals surface area contributed by atoms with Gasteiger partial charge in [0.15, 0.2) is 0 Å². The molecular weight excluding hydrogens is 216 g/mol. The number of hydrogen-bond donors (Lipinski definition) is 1. The molecule has 0 radical (unpaired) electrons. The standard InChI is InChI=1S/C12H16N4O/c1-9(12(17)14-2)8-16(3)11-4-5-15-10(6-11)7-13/h4-6,9H,8H2,1-3H3,(H,14,17). The van der Waals surface area contributed by atoms with Gasteiger partial charge in [0.1, 0.15) is 11.8 Å². The molecule has 0 aliphatic heterocycles. The molecule has 1 aromatic heterocycles. The van der Waals surface area contributed by atoms with E-state index in [9.17, 15) is 4.79 Å². The first-order valence-electron chi connectivity index (χ1n) is 5.37. The number of nitrogens with one attached hydrogen (secondary N) is 1. The number of aromatic nitrogens is 1. The van der Waals surface area contributed by atoms with Gasteiger partial charge in [-0.05, 0) is 12.1 Å². The van der Waals surface area contributed by atoms with Crippen molar-refractivity contribution >= 4 is 11.6 Å². The van der Waals surface area contributed by atoms with Crippen LogP contribution >= 0.6 is 0 Å². The van der Waals surface area contributed by atoms with Crippen LogP contribution in [0.5, 0.6) is 0 Å². The molecule has 0 aromatic carbocycles. The molecule has 17 heavy (non-hydrogen) atoms. The van der Waals surface area contributed by atoms with Gasteiger partial charge >= 0.3 is 0 Å². The Bertz CT molecular complexity index is 438. The van der Waals surface area contributed by atoms with Gasteiger partial charge < -0.3 is 10.2 Å². The van der Waals surface area contributed by atoms with Gasteiger partial charge in [-0.3, -0.25) is 4.79 Å². The first kappa shape index (κ1) is 13.0. The maximum Gasteiger partial charge on any atom is 0.224 e. The number of nitrogens with zero attached hydrogens (tertiary/aromatic N) is 3. The first-order chi connectivity index (χ1) is 8.08. The molecule has 1 amide bonds. The molecule has 5 nitrogen and oxygen atoms in total. The lowest BCUT2D eigenvalue weighted by molar-refractivity contribution is -0.123. The lowest BCUT2D eigenvalue weighted by Crippen LogP contribution is -2.34. The van der Waals surface area contributed by atoms with E-state index >= 15 is 0 Å². The van der Waals surface area contributed by atoms with Crippen LogP contribution in [0.25, 0.3) is 0 Å². The number of anilines is 1. The van der Waals surface area contributed by atoms with E-state index in [0.29, 0.717) is 12.2 Å². The average Bonchev–Trinajstić information content (AvgIpc) is 2.37. The second-order valence-corrected chi connectivity index (χ2v) is 3.91. The topological polar surface area (TPSA) is 69.0 Å². The first-order valence-corrected chi connectivity index (χ1v) is 5.37. The maximum atomic E-state index is 11.4. The summed E-state index contributed by atoms with van der Waals surface area (Å²) in [5, 5.41) is 11.4. The summed E-state index contributed by atoms with van der Waals surface area (Å²) < 4.78 is 0. The Morgan fingerprint density at radius 1 is 1.71 bits per heavy atom. The van der Waals surface area contributed by atoms with Crippen LogP contribution in [0.2, 0.25) is 0 Å². The van der Waals surface area contributed by atoms with Crippen molar-refractivity contribution in [2.24, 2.45) is 5.92 Å². The number of carbonyl (C=O) groups is 1. The summed E-state index contributed by atoms with van der Waals surface area (Å²) >= 11 is 0. The Hall–Kier alpha value is -2.09. The highest BCUT2D eigenvalue weighted by Crippen LogP contribution is 2.14. The van der Waals surface area contributed by atoms with Crippen LogP contribution in [0.1, 0.15) is 12.6 Å². The summed E-state index contributed by atoms with van der Waals surface area (Å²) in [6.07, 6.45) is 1.59. The zero-order chi connectivity index (χ0) is 12.8. The van der Waals surface area contributed by atoms with Crippen molar-refractivity contribution in [3.63, 3.8) is 0 Å². The van der Waals surface area contributed by atoms with Gasteiger partial charge in [-0.2, -0.15) is 5.26 Å². The van der Waals surface area contributed by atoms with E-state index in [1.807, 2.05) is 31.0 Å². The third kappa shape index (κ3) is 3.45. The molecule has 1 atom stereocenters. The molecule has 0 spiro atoms. The SMILES string of the molecule is CNC(=O)C(C)CN(C)c1ccnc(C#N)c1. The second-order valence-electron chi connectivity index (χ2n) is 3.91. The lowest BCUT2D eigenvalue weighted by Gasteiger charge is -2.22. The Labute approximate surface area is 101 Å². The molecule has 5 heteroatoms. The van der Waals surface area contributed by atoms with E-state index in [0.717, 1.165) is 5.69 Å². The van der Waals surface area contributed by atoms with E-state index in [1.165, 1.54) is 0 Å². The van der Waals surface area contributed by atoms with Gasteiger partial charge in [-0.1, -0.05) is 6.92 Å². The van der Waals surface area contributed by atoms with E-state index in [2.05, 4.69) is 10.3 Å². The summed E-state index contributed by atoms with van der Waals surface area (Å²) in [4.78, 5) is 17.2. The van der Waals surface area contributed by atoms with Crippen LogP contribution in [0, 0.1) is 17.2 Å². The molecule has 1 unspecified atom stereocenters. The van der Waals surface area contributed by atoms with Crippen molar-refractivity contribution in [2.45, 2.75) is 6.92 Å². The number of hydrogen-bond acceptors (Lipinski definition) is 4. The van der Waals surface area contributed by atoms with Gasteiger partial charge in [-0.25, -0.2) is 4.98 Å². The van der Waals surface area contributed by atoms with Crippen LogP contribution in [-0.2, 0) is 4.79 Å². The molecule has 1 rings (SSSR count). The minimum absolute atomic E-state index is 0.00594. The monoisotopic (exact) mass is 232 g/mol. The fourth-order valence-corrected chi connectivity index (χ4v) is 1.56. The molecule has 1 N–H and O–H groups in total. The van der Waals surface area contributed by atoms with E-state index in [1.54, 1.807) is 19.3 Å². The molecular formula is C12H16N4O. The lowest BCUT2D eigenvalue weighted by atomic mass is 10.1. The van der Waals surface area contributed by atoms with Gasteiger partial charge in [0, 0.05) is 32.5 Å². The summed E-state index contributed by atoms with van der Waals surface area (Å²) in [6, 6.07) is 5.51. The Balaban J connectivity index is 2.73. The minimum atomic E-state index is -0.108. The molecule has 90 valence electrons. The quantitative estimate of drug-likeness (QED) is 0.832. The van der Waals surface area contributed by atoms with Gasteiger partial charge in [-0.15, -0.1) is 0 Å². The van der Waals surface area contributed by atoms with Crippen LogP contribution in [-0.4, -0.2) is 31.5 Å². The van der Waals surface area contributed by atoms with Gasteiger partial charge in [0.05, 0.1) is 5.92 Å². The number of rotatable bonds is 4. The minimum Gasteiger partial charge on any atom is -0.374 e. The Morgan fingerprint density at radius 3 is 3.00 bits per heavy atom. The summed E-state index contributed by atoms with van der Waals surface area (Å²) in [5.41, 5.74) is 1.26. The number of nitriles is 1. The fraction of sp³-hybridized carbons (Fsp3) is 0.417. The molecule has 0 bridgehead atoms. The highest BCUT2D eigenvalue weighted by atomic mass is 16.1. The fourth-order valence-electron chi connectivity index (χ4n) is 1.56. The van der Waals surface area contributed by atoms with Crippen molar-refractivity contribution in [1.29, 1.82) is 5.26 Å². The number of pyridine rings is 1. The highest BCUT2D eigenvalue weighted by molar-refractivity contribution is 5.78. The van der Waals surface area contributed by atoms with E-state index in [-0.39, 0.29) is 11.8 Å². The molecule has 1 heterocycles. The zero-order valence-corrected chi connectivity index (χ0v) is 10.3. The summed E-state index contributed by atoms with van der Waals surface area (Å²) in [6.45, 7) is 2.45. The number of carbonyl (C=O) groups excluding carboxylic acids is 1. The maximum absolute atomic E-state index is 11.4. The van der Waals surface area contributed by atoms with Crippen LogP contribution in [0.3, 0.4) is 0 Å². The largest absolute Gasteiger partial charge is 0.374 e. The van der Waals surface area contributed by atoms with Crippen molar-refractivity contribution in [3.05, 3.63) is 24.0 Å². The summed E-state index contributed by atoms with van der Waals surface area (Å²) in [5.74, 6) is -0.102. The molecule has 0 aliphatic rings.